The molecule has 104 valence electrons. The summed E-state index contributed by atoms with van der Waals surface area (Å²) in [4.78, 5) is 11.9. The Morgan fingerprint density at radius 2 is 1.79 bits per heavy atom. The minimum atomic E-state index is -3.42. The number of hydrogen-bond acceptors (Lipinski definition) is 4. The van der Waals surface area contributed by atoms with Crippen molar-refractivity contribution in [1.29, 1.82) is 0 Å². The zero-order valence-electron chi connectivity index (χ0n) is 10.4. The van der Waals surface area contributed by atoms with Crippen LogP contribution in [0.3, 0.4) is 0 Å². The number of ketones is 1. The van der Waals surface area contributed by atoms with Gasteiger partial charge in [0.05, 0.1) is 5.25 Å². The number of hydrogen-bond donors (Lipinski definition) is 1. The van der Waals surface area contributed by atoms with Gasteiger partial charge in [0.15, 0.2) is 15.6 Å². The molecule has 1 N–H and O–H groups in total. The average Bonchev–Trinajstić information content (AvgIpc) is 2.40. The molecule has 6 heteroatoms. The van der Waals surface area contributed by atoms with E-state index in [-0.39, 0.29) is 5.56 Å². The highest BCUT2D eigenvalue weighted by molar-refractivity contribution is 7.92. The number of rotatable bonds is 4. The maximum absolute atomic E-state index is 12.7. The second-order valence-electron chi connectivity index (χ2n) is 4.69. The van der Waals surface area contributed by atoms with Gasteiger partial charge in [0.1, 0.15) is 11.6 Å². The molecule has 1 aliphatic heterocycles. The number of piperidine rings is 1. The summed E-state index contributed by atoms with van der Waals surface area (Å²) >= 11 is 0. The van der Waals surface area contributed by atoms with Crippen LogP contribution in [0.15, 0.2) is 24.3 Å². The topological polar surface area (TPSA) is 63.2 Å². The van der Waals surface area contributed by atoms with E-state index >= 15 is 0 Å². The summed E-state index contributed by atoms with van der Waals surface area (Å²) in [6.45, 7) is 1.32. The van der Waals surface area contributed by atoms with Crippen LogP contribution in [0.25, 0.3) is 0 Å². The van der Waals surface area contributed by atoms with Crippen LogP contribution >= 0.6 is 0 Å². The van der Waals surface area contributed by atoms with Crippen molar-refractivity contribution in [1.82, 2.24) is 5.32 Å². The number of Topliss-reactive ketones (excluding diaryl/α,β-unsaturated/α-hetero) is 1. The van der Waals surface area contributed by atoms with E-state index in [0.717, 1.165) is 12.1 Å². The van der Waals surface area contributed by atoms with Crippen molar-refractivity contribution in [3.05, 3.63) is 35.6 Å². The molecule has 1 fully saturated rings. The van der Waals surface area contributed by atoms with E-state index in [4.69, 9.17) is 0 Å². The maximum Gasteiger partial charge on any atom is 0.177 e. The molecule has 0 aliphatic carbocycles. The van der Waals surface area contributed by atoms with Crippen LogP contribution in [0.1, 0.15) is 23.2 Å². The van der Waals surface area contributed by atoms with E-state index in [0.29, 0.717) is 25.9 Å². The van der Waals surface area contributed by atoms with Crippen molar-refractivity contribution < 1.29 is 17.6 Å². The van der Waals surface area contributed by atoms with E-state index < -0.39 is 32.4 Å². The van der Waals surface area contributed by atoms with Crippen molar-refractivity contribution in [2.24, 2.45) is 0 Å². The Labute approximate surface area is 111 Å². The first-order chi connectivity index (χ1) is 8.99. The first-order valence-electron chi connectivity index (χ1n) is 6.20. The Morgan fingerprint density at radius 3 is 2.37 bits per heavy atom. The third kappa shape index (κ3) is 3.61. The van der Waals surface area contributed by atoms with Crippen LogP contribution < -0.4 is 5.32 Å². The van der Waals surface area contributed by atoms with Crippen LogP contribution in [0.4, 0.5) is 4.39 Å². The average molecular weight is 285 g/mol. The van der Waals surface area contributed by atoms with Gasteiger partial charge >= 0.3 is 0 Å². The number of benzene rings is 1. The first kappa shape index (κ1) is 14.1. The van der Waals surface area contributed by atoms with Gasteiger partial charge in [-0.25, -0.2) is 12.8 Å². The molecule has 1 aromatic rings. The highest BCUT2D eigenvalue weighted by Gasteiger charge is 2.29. The van der Waals surface area contributed by atoms with Crippen molar-refractivity contribution in [3.8, 4) is 0 Å². The van der Waals surface area contributed by atoms with E-state index in [1.165, 1.54) is 12.1 Å². The van der Waals surface area contributed by atoms with Gasteiger partial charge in [0.25, 0.3) is 0 Å². The predicted molar refractivity (Wildman–Crippen MR) is 70.4 cm³/mol. The molecule has 0 saturated carbocycles. The lowest BCUT2D eigenvalue weighted by Gasteiger charge is -2.22. The Morgan fingerprint density at radius 1 is 1.21 bits per heavy atom. The Bertz CT molecular complexity index is 548. The monoisotopic (exact) mass is 285 g/mol. The summed E-state index contributed by atoms with van der Waals surface area (Å²) in [6.07, 6.45) is 1.08. The summed E-state index contributed by atoms with van der Waals surface area (Å²) in [5, 5.41) is 2.64. The van der Waals surface area contributed by atoms with Crippen LogP contribution in [-0.4, -0.2) is 38.3 Å². The SMILES string of the molecule is O=C(CS(=O)(=O)C1CCNCC1)c1ccc(F)cc1. The molecule has 1 heterocycles. The minimum absolute atomic E-state index is 0.235. The normalized spacial score (nSPS) is 17.3. The van der Waals surface area contributed by atoms with Gasteiger partial charge in [-0.1, -0.05) is 0 Å². The first-order valence-corrected chi connectivity index (χ1v) is 7.91. The molecule has 0 unspecified atom stereocenters. The molecule has 1 aromatic carbocycles. The number of halogens is 1. The molecular weight excluding hydrogens is 269 g/mol. The molecular formula is C13H16FNO3S. The molecule has 0 atom stereocenters. The summed E-state index contributed by atoms with van der Waals surface area (Å²) in [5.74, 6) is -1.42. The zero-order valence-corrected chi connectivity index (χ0v) is 11.2. The highest BCUT2D eigenvalue weighted by atomic mass is 32.2. The summed E-state index contributed by atoms with van der Waals surface area (Å²) in [7, 11) is -3.42. The highest BCUT2D eigenvalue weighted by Crippen LogP contribution is 2.16. The standard InChI is InChI=1S/C13H16FNO3S/c14-11-3-1-10(2-4-11)13(16)9-19(17,18)12-5-7-15-8-6-12/h1-4,12,15H,5-9H2. The van der Waals surface area contributed by atoms with E-state index in [9.17, 15) is 17.6 Å². The second kappa shape index (κ2) is 5.79. The molecule has 0 radical (unpaired) electrons. The van der Waals surface area contributed by atoms with Crippen molar-refractivity contribution in [2.75, 3.05) is 18.8 Å². The minimum Gasteiger partial charge on any atom is -0.317 e. The van der Waals surface area contributed by atoms with Gasteiger partial charge in [0, 0.05) is 5.56 Å². The third-order valence-corrected chi connectivity index (χ3v) is 5.44. The Hall–Kier alpha value is -1.27. The van der Waals surface area contributed by atoms with Crippen molar-refractivity contribution in [3.63, 3.8) is 0 Å². The molecule has 4 nitrogen and oxygen atoms in total. The number of nitrogens with one attached hydrogen (secondary N) is 1. The molecule has 0 amide bonds. The van der Waals surface area contributed by atoms with Crippen LogP contribution in [0.2, 0.25) is 0 Å². The molecule has 19 heavy (non-hydrogen) atoms. The van der Waals surface area contributed by atoms with Crippen LogP contribution in [0, 0.1) is 5.82 Å². The Balaban J connectivity index is 2.07. The van der Waals surface area contributed by atoms with Crippen LogP contribution in [-0.2, 0) is 9.84 Å². The second-order valence-corrected chi connectivity index (χ2v) is 6.97. The fourth-order valence-corrected chi connectivity index (χ4v) is 3.90. The van der Waals surface area contributed by atoms with E-state index in [1.54, 1.807) is 0 Å². The van der Waals surface area contributed by atoms with E-state index in [2.05, 4.69) is 5.32 Å². The number of carbonyl (C=O) groups excluding carboxylic acids is 1. The quantitative estimate of drug-likeness (QED) is 0.844. The van der Waals surface area contributed by atoms with E-state index in [1.807, 2.05) is 0 Å². The zero-order chi connectivity index (χ0) is 13.9. The Kier molecular flexibility index (Phi) is 4.31. The maximum atomic E-state index is 12.7. The predicted octanol–water partition coefficient (Wildman–Crippen LogP) is 1.18. The lowest BCUT2D eigenvalue weighted by Crippen LogP contribution is -2.38. The summed E-state index contributed by atoms with van der Waals surface area (Å²) < 4.78 is 37.0. The van der Waals surface area contributed by atoms with Gasteiger partial charge in [-0.3, -0.25) is 4.79 Å². The van der Waals surface area contributed by atoms with Crippen LogP contribution in [0.5, 0.6) is 0 Å². The molecule has 0 spiro atoms. The lowest BCUT2D eigenvalue weighted by molar-refractivity contribution is 0.102. The smallest absolute Gasteiger partial charge is 0.177 e. The number of carbonyl (C=O) groups is 1. The number of sulfone groups is 1. The molecule has 1 saturated heterocycles. The van der Waals surface area contributed by atoms with Gasteiger partial charge in [-0.2, -0.15) is 0 Å². The molecule has 2 rings (SSSR count). The summed E-state index contributed by atoms with van der Waals surface area (Å²) in [6, 6.07) is 4.94. The van der Waals surface area contributed by atoms with Gasteiger partial charge in [-0.15, -0.1) is 0 Å². The summed E-state index contributed by atoms with van der Waals surface area (Å²) in [5.41, 5.74) is 0.235. The fourth-order valence-electron chi connectivity index (χ4n) is 2.17. The van der Waals surface area contributed by atoms with Gasteiger partial charge in [-0.05, 0) is 50.2 Å². The van der Waals surface area contributed by atoms with Crippen molar-refractivity contribution >= 4 is 15.6 Å². The molecule has 0 aromatic heterocycles. The molecule has 1 aliphatic rings. The third-order valence-electron chi connectivity index (χ3n) is 3.29. The molecule has 0 bridgehead atoms. The van der Waals surface area contributed by atoms with Gasteiger partial charge in [0.2, 0.25) is 0 Å². The van der Waals surface area contributed by atoms with Gasteiger partial charge < -0.3 is 5.32 Å². The largest absolute Gasteiger partial charge is 0.317 e. The lowest BCUT2D eigenvalue weighted by atomic mass is 10.1. The fraction of sp³-hybridized carbons (Fsp3) is 0.462. The van der Waals surface area contributed by atoms with Crippen molar-refractivity contribution in [2.45, 2.75) is 18.1 Å².